The number of guanidine groups is 1. The Morgan fingerprint density at radius 1 is 1.29 bits per heavy atom. The number of hydrogen-bond acceptors (Lipinski definition) is 2. The monoisotopic (exact) mass is 515 g/mol. The lowest BCUT2D eigenvalue weighted by Gasteiger charge is -2.20. The summed E-state index contributed by atoms with van der Waals surface area (Å²) in [4.78, 5) is 19.3. The highest BCUT2D eigenvalue weighted by Gasteiger charge is 2.31. The van der Waals surface area contributed by atoms with E-state index in [0.717, 1.165) is 23.5 Å². The van der Waals surface area contributed by atoms with Crippen LogP contribution in [0.3, 0.4) is 0 Å². The normalized spacial score (nSPS) is 11.9. The molecule has 6 nitrogen and oxygen atoms in total. The van der Waals surface area contributed by atoms with Crippen molar-refractivity contribution in [2.45, 2.75) is 12.6 Å². The molecule has 0 saturated heterocycles. The summed E-state index contributed by atoms with van der Waals surface area (Å²) in [5.41, 5.74) is 1.74. The van der Waals surface area contributed by atoms with Gasteiger partial charge < -0.3 is 20.5 Å². The highest BCUT2D eigenvalue weighted by atomic mass is 127. The van der Waals surface area contributed by atoms with Crippen molar-refractivity contribution in [3.8, 4) is 0 Å². The molecule has 1 heterocycles. The first-order valence-electron chi connectivity index (χ1n) is 8.20. The summed E-state index contributed by atoms with van der Waals surface area (Å²) in [6, 6.07) is 4.48. The maximum absolute atomic E-state index is 13.4. The van der Waals surface area contributed by atoms with E-state index in [0.29, 0.717) is 17.9 Å². The van der Waals surface area contributed by atoms with E-state index < -0.39 is 18.6 Å². The van der Waals surface area contributed by atoms with Crippen molar-refractivity contribution in [3.63, 3.8) is 0 Å². The fourth-order valence-corrected chi connectivity index (χ4v) is 2.55. The molecule has 0 saturated carbocycles. The van der Waals surface area contributed by atoms with Crippen LogP contribution in [0.15, 0.2) is 29.4 Å². The molecular formula is C17H22F4IN5O. The number of likely N-dealkylation sites (N-methyl/N-ethyl adjacent to an activating group) is 1. The van der Waals surface area contributed by atoms with Crippen LogP contribution in [0.4, 0.5) is 17.6 Å². The summed E-state index contributed by atoms with van der Waals surface area (Å²) in [5, 5.41) is 6.42. The summed E-state index contributed by atoms with van der Waals surface area (Å²) >= 11 is 0. The van der Waals surface area contributed by atoms with Gasteiger partial charge in [-0.15, -0.1) is 24.0 Å². The Morgan fingerprint density at radius 3 is 2.64 bits per heavy atom. The molecule has 1 amide bonds. The lowest BCUT2D eigenvalue weighted by molar-refractivity contribution is -0.157. The Bertz CT molecular complexity index is 821. The average Bonchev–Trinajstić information content (AvgIpc) is 2.98. The van der Waals surface area contributed by atoms with Crippen LogP contribution in [-0.2, 0) is 11.2 Å². The second kappa shape index (κ2) is 10.5. The molecule has 0 unspecified atom stereocenters. The third-order valence-corrected chi connectivity index (χ3v) is 3.89. The van der Waals surface area contributed by atoms with Crippen molar-refractivity contribution in [1.29, 1.82) is 0 Å². The fraction of sp³-hybridized carbons (Fsp3) is 0.412. The summed E-state index contributed by atoms with van der Waals surface area (Å²) in [6.07, 6.45) is -2.09. The first-order valence-corrected chi connectivity index (χ1v) is 8.20. The predicted molar refractivity (Wildman–Crippen MR) is 110 cm³/mol. The molecule has 2 aromatic rings. The van der Waals surface area contributed by atoms with Crippen LogP contribution in [0.25, 0.3) is 10.9 Å². The number of halogens is 5. The number of carbonyl (C=O) groups is 1. The number of aromatic nitrogens is 1. The molecule has 3 N–H and O–H groups in total. The van der Waals surface area contributed by atoms with Gasteiger partial charge in [0.05, 0.1) is 6.54 Å². The molecule has 0 radical (unpaired) electrons. The van der Waals surface area contributed by atoms with Gasteiger partial charge in [-0.2, -0.15) is 13.2 Å². The van der Waals surface area contributed by atoms with Crippen LogP contribution in [0.5, 0.6) is 0 Å². The lowest BCUT2D eigenvalue weighted by atomic mass is 10.1. The van der Waals surface area contributed by atoms with E-state index in [1.807, 2.05) is 0 Å². The van der Waals surface area contributed by atoms with Gasteiger partial charge in [0, 0.05) is 37.7 Å². The summed E-state index contributed by atoms with van der Waals surface area (Å²) in [6.45, 7) is -1.18. The van der Waals surface area contributed by atoms with Gasteiger partial charge in [-0.25, -0.2) is 4.39 Å². The van der Waals surface area contributed by atoms with E-state index >= 15 is 0 Å². The first kappa shape index (κ1) is 24.0. The van der Waals surface area contributed by atoms with Crippen molar-refractivity contribution in [1.82, 2.24) is 20.5 Å². The molecule has 0 spiro atoms. The molecule has 0 fully saturated rings. The molecule has 0 aliphatic heterocycles. The molecule has 0 bridgehead atoms. The number of fused-ring (bicyclic) bond motifs is 1. The number of rotatable bonds is 6. The number of hydrogen-bond donors (Lipinski definition) is 3. The number of benzene rings is 1. The maximum atomic E-state index is 13.4. The molecule has 0 aliphatic carbocycles. The van der Waals surface area contributed by atoms with Gasteiger partial charge in [0.15, 0.2) is 5.96 Å². The Kier molecular flexibility index (Phi) is 8.98. The molecule has 1 aromatic carbocycles. The van der Waals surface area contributed by atoms with Crippen molar-refractivity contribution >= 4 is 46.7 Å². The van der Waals surface area contributed by atoms with E-state index in [2.05, 4.69) is 20.6 Å². The second-order valence-corrected chi connectivity index (χ2v) is 5.97. The van der Waals surface area contributed by atoms with Gasteiger partial charge in [-0.1, -0.05) is 0 Å². The summed E-state index contributed by atoms with van der Waals surface area (Å²) in [7, 11) is 2.57. The Labute approximate surface area is 176 Å². The molecule has 0 atom stereocenters. The molecule has 28 heavy (non-hydrogen) atoms. The van der Waals surface area contributed by atoms with Crippen molar-refractivity contribution in [2.24, 2.45) is 4.99 Å². The lowest BCUT2D eigenvalue weighted by Crippen LogP contribution is -2.45. The topological polar surface area (TPSA) is 72.5 Å². The zero-order chi connectivity index (χ0) is 20.0. The van der Waals surface area contributed by atoms with E-state index in [4.69, 9.17) is 0 Å². The summed E-state index contributed by atoms with van der Waals surface area (Å²) < 4.78 is 50.3. The second-order valence-electron chi connectivity index (χ2n) is 5.97. The number of aromatic amines is 1. The molecule has 11 heteroatoms. The minimum atomic E-state index is -4.44. The van der Waals surface area contributed by atoms with Crippen LogP contribution >= 0.6 is 24.0 Å². The van der Waals surface area contributed by atoms with Gasteiger partial charge in [0.2, 0.25) is 5.91 Å². The molecule has 156 valence electrons. The van der Waals surface area contributed by atoms with Crippen LogP contribution < -0.4 is 10.6 Å². The Hall–Kier alpha value is -2.05. The van der Waals surface area contributed by atoms with Gasteiger partial charge in [-0.3, -0.25) is 9.79 Å². The zero-order valence-corrected chi connectivity index (χ0v) is 17.7. The van der Waals surface area contributed by atoms with Gasteiger partial charge in [0.25, 0.3) is 0 Å². The van der Waals surface area contributed by atoms with Crippen LogP contribution in [0.2, 0.25) is 0 Å². The average molecular weight is 515 g/mol. The number of amides is 1. The highest BCUT2D eigenvalue weighted by Crippen LogP contribution is 2.19. The Balaban J connectivity index is 0.00000392. The van der Waals surface area contributed by atoms with Gasteiger partial charge in [-0.05, 0) is 30.2 Å². The summed E-state index contributed by atoms with van der Waals surface area (Å²) in [5.74, 6) is -0.743. The van der Waals surface area contributed by atoms with Gasteiger partial charge >= 0.3 is 6.18 Å². The smallest absolute Gasteiger partial charge is 0.361 e. The van der Waals surface area contributed by atoms with Crippen molar-refractivity contribution < 1.29 is 22.4 Å². The van der Waals surface area contributed by atoms with E-state index in [9.17, 15) is 22.4 Å². The molecule has 2 rings (SSSR count). The molecule has 1 aromatic heterocycles. The largest absolute Gasteiger partial charge is 0.406 e. The third-order valence-electron chi connectivity index (χ3n) is 3.89. The Morgan fingerprint density at radius 2 is 2.00 bits per heavy atom. The number of nitrogens with one attached hydrogen (secondary N) is 3. The van der Waals surface area contributed by atoms with Crippen LogP contribution in [-0.4, -0.2) is 61.7 Å². The fourth-order valence-electron chi connectivity index (χ4n) is 2.55. The predicted octanol–water partition coefficient (Wildman–Crippen LogP) is 2.65. The minimum absolute atomic E-state index is 0. The zero-order valence-electron chi connectivity index (χ0n) is 15.4. The van der Waals surface area contributed by atoms with Crippen molar-refractivity contribution in [2.75, 3.05) is 33.7 Å². The van der Waals surface area contributed by atoms with E-state index in [1.165, 1.54) is 19.2 Å². The first-order chi connectivity index (χ1) is 12.7. The van der Waals surface area contributed by atoms with Crippen molar-refractivity contribution in [3.05, 3.63) is 35.8 Å². The molecule has 0 aliphatic rings. The van der Waals surface area contributed by atoms with E-state index in [-0.39, 0.29) is 42.3 Å². The van der Waals surface area contributed by atoms with Crippen LogP contribution in [0, 0.1) is 5.82 Å². The number of alkyl halides is 3. The maximum Gasteiger partial charge on any atom is 0.406 e. The number of carbonyl (C=O) groups excluding carboxylic acids is 1. The number of aliphatic imine (C=N–C) groups is 1. The quantitative estimate of drug-likeness (QED) is 0.240. The highest BCUT2D eigenvalue weighted by molar-refractivity contribution is 14.0. The van der Waals surface area contributed by atoms with Crippen LogP contribution in [0.1, 0.15) is 5.56 Å². The minimum Gasteiger partial charge on any atom is -0.361 e. The number of H-pyrrole nitrogens is 1. The van der Waals surface area contributed by atoms with E-state index in [1.54, 1.807) is 12.3 Å². The number of nitrogens with zero attached hydrogens (tertiary/aromatic N) is 2. The standard InChI is InChI=1S/C17H21F4N5O.HI/c1-22-16(25-9-15(27)26(2)10-17(19,20)21)23-6-5-11-8-24-14-4-3-12(18)7-13(11)14;/h3-4,7-8,24H,5-6,9-10H2,1-2H3,(H2,22,23,25);1H. The third kappa shape index (κ3) is 7.17. The SMILES string of the molecule is CN=C(NCCc1c[nH]c2ccc(F)cc12)NCC(=O)N(C)CC(F)(F)F.I. The van der Waals surface area contributed by atoms with Gasteiger partial charge in [0.1, 0.15) is 12.4 Å². The molecular weight excluding hydrogens is 493 g/mol.